The SMILES string of the molecule is Cc1cc(C(C)C)c(Br)cc1N. The van der Waals surface area contributed by atoms with Crippen LogP contribution in [0.25, 0.3) is 0 Å². The number of rotatable bonds is 1. The van der Waals surface area contributed by atoms with Crippen molar-refractivity contribution in [2.24, 2.45) is 0 Å². The molecule has 66 valence electrons. The molecule has 0 heterocycles. The minimum Gasteiger partial charge on any atom is -0.398 e. The number of benzene rings is 1. The molecule has 0 spiro atoms. The second kappa shape index (κ2) is 3.48. The van der Waals surface area contributed by atoms with Gasteiger partial charge < -0.3 is 5.73 Å². The Hall–Kier alpha value is -0.500. The van der Waals surface area contributed by atoms with E-state index in [4.69, 9.17) is 5.73 Å². The molecule has 2 N–H and O–H groups in total. The molecule has 0 unspecified atom stereocenters. The maximum absolute atomic E-state index is 5.76. The van der Waals surface area contributed by atoms with E-state index in [9.17, 15) is 0 Å². The Kier molecular flexibility index (Phi) is 2.78. The fourth-order valence-corrected chi connectivity index (χ4v) is 1.98. The summed E-state index contributed by atoms with van der Waals surface area (Å²) in [6.07, 6.45) is 0. The molecule has 0 bridgehead atoms. The van der Waals surface area contributed by atoms with Crippen molar-refractivity contribution in [1.29, 1.82) is 0 Å². The van der Waals surface area contributed by atoms with Crippen molar-refractivity contribution in [3.05, 3.63) is 27.7 Å². The second-order valence-corrected chi connectivity index (χ2v) is 4.24. The van der Waals surface area contributed by atoms with Crippen molar-refractivity contribution in [2.75, 3.05) is 5.73 Å². The van der Waals surface area contributed by atoms with Crippen LogP contribution in [-0.4, -0.2) is 0 Å². The predicted octanol–water partition coefficient (Wildman–Crippen LogP) is 3.46. The lowest BCUT2D eigenvalue weighted by Gasteiger charge is -2.10. The first kappa shape index (κ1) is 9.59. The van der Waals surface area contributed by atoms with Crippen LogP contribution in [0.3, 0.4) is 0 Å². The molecule has 2 heteroatoms. The standard InChI is InChI=1S/C10H14BrN/c1-6(2)8-4-7(3)10(12)5-9(8)11/h4-6H,12H2,1-3H3. The number of hydrogen-bond donors (Lipinski definition) is 1. The topological polar surface area (TPSA) is 26.0 Å². The summed E-state index contributed by atoms with van der Waals surface area (Å²) in [5.74, 6) is 0.540. The predicted molar refractivity (Wildman–Crippen MR) is 57.4 cm³/mol. The van der Waals surface area contributed by atoms with Gasteiger partial charge in [0.2, 0.25) is 0 Å². The third-order valence-corrected chi connectivity index (χ3v) is 2.69. The van der Waals surface area contributed by atoms with Gasteiger partial charge in [-0.3, -0.25) is 0 Å². The van der Waals surface area contributed by atoms with E-state index in [1.165, 1.54) is 5.56 Å². The molecule has 0 aliphatic heterocycles. The number of halogens is 1. The average Bonchev–Trinajstić information content (AvgIpc) is 1.96. The van der Waals surface area contributed by atoms with Crippen LogP contribution in [0.1, 0.15) is 30.9 Å². The highest BCUT2D eigenvalue weighted by atomic mass is 79.9. The Bertz CT molecular complexity index is 292. The smallest absolute Gasteiger partial charge is 0.0355 e. The van der Waals surface area contributed by atoms with E-state index in [2.05, 4.69) is 35.8 Å². The zero-order valence-corrected chi connectivity index (χ0v) is 9.27. The van der Waals surface area contributed by atoms with Crippen LogP contribution in [0.4, 0.5) is 5.69 Å². The molecule has 0 atom stereocenters. The lowest BCUT2D eigenvalue weighted by molar-refractivity contribution is 0.859. The van der Waals surface area contributed by atoms with E-state index >= 15 is 0 Å². The first-order valence-electron chi connectivity index (χ1n) is 4.08. The van der Waals surface area contributed by atoms with Crippen molar-refractivity contribution in [3.63, 3.8) is 0 Å². The maximum Gasteiger partial charge on any atom is 0.0355 e. The molecule has 0 aliphatic rings. The Balaban J connectivity index is 3.23. The Morgan fingerprint density at radius 1 is 1.33 bits per heavy atom. The molecule has 0 saturated heterocycles. The summed E-state index contributed by atoms with van der Waals surface area (Å²) in [4.78, 5) is 0. The number of hydrogen-bond acceptors (Lipinski definition) is 1. The third-order valence-electron chi connectivity index (χ3n) is 2.01. The maximum atomic E-state index is 5.76. The van der Waals surface area contributed by atoms with Crippen molar-refractivity contribution in [1.82, 2.24) is 0 Å². The molecular formula is C10H14BrN. The lowest BCUT2D eigenvalue weighted by Crippen LogP contribution is -1.95. The van der Waals surface area contributed by atoms with E-state index in [1.54, 1.807) is 0 Å². The van der Waals surface area contributed by atoms with Crippen molar-refractivity contribution in [3.8, 4) is 0 Å². The van der Waals surface area contributed by atoms with Crippen LogP contribution in [0.15, 0.2) is 16.6 Å². The van der Waals surface area contributed by atoms with Crippen LogP contribution < -0.4 is 5.73 Å². The molecule has 1 rings (SSSR count). The Morgan fingerprint density at radius 3 is 2.42 bits per heavy atom. The highest BCUT2D eigenvalue weighted by Gasteiger charge is 2.06. The summed E-state index contributed by atoms with van der Waals surface area (Å²) >= 11 is 3.50. The molecular weight excluding hydrogens is 214 g/mol. The Morgan fingerprint density at radius 2 is 1.92 bits per heavy atom. The molecule has 1 aromatic rings. The summed E-state index contributed by atoms with van der Waals surface area (Å²) in [5.41, 5.74) is 9.09. The fraction of sp³-hybridized carbons (Fsp3) is 0.400. The normalized spacial score (nSPS) is 10.8. The molecule has 0 fully saturated rings. The van der Waals surface area contributed by atoms with Crippen LogP contribution in [0.2, 0.25) is 0 Å². The van der Waals surface area contributed by atoms with Gasteiger partial charge in [-0.25, -0.2) is 0 Å². The highest BCUT2D eigenvalue weighted by molar-refractivity contribution is 9.10. The summed E-state index contributed by atoms with van der Waals surface area (Å²) in [6.45, 7) is 6.39. The highest BCUT2D eigenvalue weighted by Crippen LogP contribution is 2.28. The largest absolute Gasteiger partial charge is 0.398 e. The van der Waals surface area contributed by atoms with Crippen molar-refractivity contribution < 1.29 is 0 Å². The molecule has 0 aromatic heterocycles. The number of nitrogens with two attached hydrogens (primary N) is 1. The average molecular weight is 228 g/mol. The zero-order chi connectivity index (χ0) is 9.30. The van der Waals surface area contributed by atoms with E-state index in [0.717, 1.165) is 15.7 Å². The molecule has 0 aliphatic carbocycles. The quantitative estimate of drug-likeness (QED) is 0.732. The van der Waals surface area contributed by atoms with Crippen LogP contribution in [0, 0.1) is 6.92 Å². The van der Waals surface area contributed by atoms with Gasteiger partial charge in [0.15, 0.2) is 0 Å². The lowest BCUT2D eigenvalue weighted by atomic mass is 10.0. The summed E-state index contributed by atoms with van der Waals surface area (Å²) in [6, 6.07) is 4.12. The first-order chi connectivity index (χ1) is 5.52. The second-order valence-electron chi connectivity index (χ2n) is 3.39. The molecule has 1 aromatic carbocycles. The molecule has 0 amide bonds. The number of anilines is 1. The molecule has 12 heavy (non-hydrogen) atoms. The monoisotopic (exact) mass is 227 g/mol. The Labute approximate surface area is 82.1 Å². The number of aryl methyl sites for hydroxylation is 1. The van der Waals surface area contributed by atoms with Gasteiger partial charge in [-0.15, -0.1) is 0 Å². The zero-order valence-electron chi connectivity index (χ0n) is 7.69. The third kappa shape index (κ3) is 1.81. The van der Waals surface area contributed by atoms with Crippen molar-refractivity contribution >= 4 is 21.6 Å². The number of nitrogen functional groups attached to an aromatic ring is 1. The van der Waals surface area contributed by atoms with Gasteiger partial charge in [0.25, 0.3) is 0 Å². The van der Waals surface area contributed by atoms with Gasteiger partial charge in [-0.05, 0) is 30.0 Å². The van der Waals surface area contributed by atoms with Crippen LogP contribution in [-0.2, 0) is 0 Å². The van der Waals surface area contributed by atoms with E-state index < -0.39 is 0 Å². The van der Waals surface area contributed by atoms with Crippen molar-refractivity contribution in [2.45, 2.75) is 26.7 Å². The van der Waals surface area contributed by atoms with E-state index in [-0.39, 0.29) is 0 Å². The fourth-order valence-electron chi connectivity index (χ4n) is 1.16. The van der Waals surface area contributed by atoms with Gasteiger partial charge >= 0.3 is 0 Å². The molecule has 0 radical (unpaired) electrons. The summed E-state index contributed by atoms with van der Waals surface area (Å²) in [5, 5.41) is 0. The first-order valence-corrected chi connectivity index (χ1v) is 4.87. The van der Waals surface area contributed by atoms with Crippen LogP contribution in [0.5, 0.6) is 0 Å². The van der Waals surface area contributed by atoms with E-state index in [1.807, 2.05) is 13.0 Å². The minimum atomic E-state index is 0.540. The molecule has 1 nitrogen and oxygen atoms in total. The summed E-state index contributed by atoms with van der Waals surface area (Å²) < 4.78 is 1.11. The molecule has 0 saturated carbocycles. The van der Waals surface area contributed by atoms with Gasteiger partial charge in [0.1, 0.15) is 0 Å². The minimum absolute atomic E-state index is 0.540. The van der Waals surface area contributed by atoms with Gasteiger partial charge in [-0.2, -0.15) is 0 Å². The van der Waals surface area contributed by atoms with Gasteiger partial charge in [0.05, 0.1) is 0 Å². The van der Waals surface area contributed by atoms with Gasteiger partial charge in [-0.1, -0.05) is 35.8 Å². The summed E-state index contributed by atoms with van der Waals surface area (Å²) in [7, 11) is 0. The van der Waals surface area contributed by atoms with E-state index in [0.29, 0.717) is 5.92 Å². The van der Waals surface area contributed by atoms with Crippen LogP contribution >= 0.6 is 15.9 Å². The van der Waals surface area contributed by atoms with Gasteiger partial charge in [0, 0.05) is 10.2 Å².